The van der Waals surface area contributed by atoms with E-state index in [-0.39, 0.29) is 12.3 Å². The maximum atomic E-state index is 12.0. The fraction of sp³-hybridized carbons (Fsp3) is 0.133. The molecular formula is C15H12ClNO4. The largest absolute Gasteiger partial charge is 0.467 e. The highest BCUT2D eigenvalue weighted by atomic mass is 35.5. The number of nitrogens with one attached hydrogen (secondary N) is 1. The number of benzene rings is 1. The summed E-state index contributed by atoms with van der Waals surface area (Å²) in [6, 6.07) is 10.2. The Bertz CT molecular complexity index is 763. The highest BCUT2D eigenvalue weighted by Gasteiger charge is 2.16. The Kier molecular flexibility index (Phi) is 3.68. The van der Waals surface area contributed by atoms with E-state index in [4.69, 9.17) is 20.4 Å². The normalized spacial score (nSPS) is 12.5. The first-order valence-electron chi connectivity index (χ1n) is 6.33. The molecule has 0 bridgehead atoms. The van der Waals surface area contributed by atoms with Crippen LogP contribution in [-0.2, 0) is 0 Å². The molecule has 2 heterocycles. The zero-order chi connectivity index (χ0) is 14.8. The predicted molar refractivity (Wildman–Crippen MR) is 77.2 cm³/mol. The van der Waals surface area contributed by atoms with Gasteiger partial charge in [0, 0.05) is 5.39 Å². The van der Waals surface area contributed by atoms with Crippen LogP contribution in [0.15, 0.2) is 51.5 Å². The van der Waals surface area contributed by atoms with Gasteiger partial charge < -0.3 is 19.3 Å². The first-order valence-corrected chi connectivity index (χ1v) is 6.70. The molecule has 1 aromatic carbocycles. The van der Waals surface area contributed by atoms with Crippen molar-refractivity contribution in [2.75, 3.05) is 6.54 Å². The molecule has 3 rings (SSSR count). The molecule has 1 atom stereocenters. The zero-order valence-electron chi connectivity index (χ0n) is 10.9. The van der Waals surface area contributed by atoms with Crippen LogP contribution in [0.25, 0.3) is 11.0 Å². The molecule has 108 valence electrons. The molecule has 0 radical (unpaired) electrons. The number of halogens is 1. The van der Waals surface area contributed by atoms with E-state index in [0.717, 1.165) is 5.39 Å². The molecule has 3 aromatic rings. The van der Waals surface area contributed by atoms with Crippen molar-refractivity contribution >= 4 is 28.5 Å². The van der Waals surface area contributed by atoms with Gasteiger partial charge in [-0.3, -0.25) is 4.79 Å². The van der Waals surface area contributed by atoms with Crippen LogP contribution >= 0.6 is 11.6 Å². The van der Waals surface area contributed by atoms with E-state index >= 15 is 0 Å². The van der Waals surface area contributed by atoms with E-state index in [0.29, 0.717) is 16.4 Å². The Morgan fingerprint density at radius 1 is 1.33 bits per heavy atom. The molecule has 0 saturated carbocycles. The van der Waals surface area contributed by atoms with Gasteiger partial charge in [0.25, 0.3) is 5.91 Å². The van der Waals surface area contributed by atoms with Crippen LogP contribution in [0.4, 0.5) is 0 Å². The summed E-state index contributed by atoms with van der Waals surface area (Å²) >= 11 is 5.99. The molecule has 0 saturated heterocycles. The van der Waals surface area contributed by atoms with Crippen LogP contribution in [0.5, 0.6) is 0 Å². The molecule has 0 aliphatic carbocycles. The molecule has 0 aliphatic heterocycles. The minimum absolute atomic E-state index is 0.0249. The Morgan fingerprint density at radius 3 is 2.90 bits per heavy atom. The molecule has 1 unspecified atom stereocenters. The van der Waals surface area contributed by atoms with Crippen LogP contribution in [-0.4, -0.2) is 17.6 Å². The van der Waals surface area contributed by atoms with Crippen LogP contribution in [0.2, 0.25) is 5.02 Å². The number of para-hydroxylation sites is 1. The number of hydrogen-bond donors (Lipinski definition) is 2. The summed E-state index contributed by atoms with van der Waals surface area (Å²) < 4.78 is 10.5. The molecule has 5 nitrogen and oxygen atoms in total. The van der Waals surface area contributed by atoms with Gasteiger partial charge in [-0.05, 0) is 24.3 Å². The Hall–Kier alpha value is -2.24. The van der Waals surface area contributed by atoms with E-state index in [1.165, 1.54) is 6.26 Å². The molecule has 2 N–H and O–H groups in total. The van der Waals surface area contributed by atoms with Gasteiger partial charge in [-0.1, -0.05) is 23.7 Å². The number of amides is 1. The predicted octanol–water partition coefficient (Wildman–Crippen LogP) is 3.14. The highest BCUT2D eigenvalue weighted by molar-refractivity contribution is 6.34. The topological polar surface area (TPSA) is 75.6 Å². The summed E-state index contributed by atoms with van der Waals surface area (Å²) in [5.74, 6) is 0.112. The van der Waals surface area contributed by atoms with Gasteiger partial charge in [0.1, 0.15) is 11.9 Å². The average Bonchev–Trinajstić information content (AvgIpc) is 3.13. The van der Waals surface area contributed by atoms with Crippen molar-refractivity contribution in [1.82, 2.24) is 5.32 Å². The molecular weight excluding hydrogens is 294 g/mol. The molecule has 0 fully saturated rings. The maximum absolute atomic E-state index is 12.0. The lowest BCUT2D eigenvalue weighted by atomic mass is 10.2. The molecule has 21 heavy (non-hydrogen) atoms. The number of carbonyl (C=O) groups excluding carboxylic acids is 1. The second kappa shape index (κ2) is 5.63. The third kappa shape index (κ3) is 2.79. The zero-order valence-corrected chi connectivity index (χ0v) is 11.6. The summed E-state index contributed by atoms with van der Waals surface area (Å²) in [6.45, 7) is 0.0249. The van der Waals surface area contributed by atoms with E-state index in [1.54, 1.807) is 36.4 Å². The molecule has 0 spiro atoms. The van der Waals surface area contributed by atoms with Gasteiger partial charge >= 0.3 is 0 Å². The van der Waals surface area contributed by atoms with Gasteiger partial charge in [0.15, 0.2) is 11.3 Å². The minimum atomic E-state index is -0.906. The van der Waals surface area contributed by atoms with Gasteiger partial charge in [0.05, 0.1) is 17.8 Å². The van der Waals surface area contributed by atoms with Crippen molar-refractivity contribution < 1.29 is 18.7 Å². The standard InChI is InChI=1S/C15H12ClNO4/c16-10-4-1-3-9-7-13(21-14(9)10)15(19)17-8-11(18)12-5-2-6-20-12/h1-7,11,18H,8H2,(H,17,19). The van der Waals surface area contributed by atoms with Crippen molar-refractivity contribution in [3.8, 4) is 0 Å². The van der Waals surface area contributed by atoms with Gasteiger partial charge in [-0.2, -0.15) is 0 Å². The molecule has 1 amide bonds. The number of aliphatic hydroxyl groups is 1. The SMILES string of the molecule is O=C(NCC(O)c1ccco1)c1cc2cccc(Cl)c2o1. The molecule has 2 aromatic heterocycles. The fourth-order valence-electron chi connectivity index (χ4n) is 2.00. The average molecular weight is 306 g/mol. The fourth-order valence-corrected chi connectivity index (χ4v) is 2.22. The van der Waals surface area contributed by atoms with Gasteiger partial charge in [-0.25, -0.2) is 0 Å². The summed E-state index contributed by atoms with van der Waals surface area (Å²) in [7, 11) is 0. The number of furan rings is 2. The summed E-state index contributed by atoms with van der Waals surface area (Å²) in [6.07, 6.45) is 0.554. The monoisotopic (exact) mass is 305 g/mol. The minimum Gasteiger partial charge on any atom is -0.467 e. The van der Waals surface area contributed by atoms with Crippen molar-refractivity contribution in [2.45, 2.75) is 6.10 Å². The van der Waals surface area contributed by atoms with Crippen molar-refractivity contribution in [3.05, 3.63) is 59.2 Å². The number of hydrogen-bond acceptors (Lipinski definition) is 4. The highest BCUT2D eigenvalue weighted by Crippen LogP contribution is 2.26. The lowest BCUT2D eigenvalue weighted by Gasteiger charge is -2.08. The van der Waals surface area contributed by atoms with Crippen LogP contribution in [0, 0.1) is 0 Å². The van der Waals surface area contributed by atoms with Crippen molar-refractivity contribution in [2.24, 2.45) is 0 Å². The summed E-state index contributed by atoms with van der Waals surface area (Å²) in [5, 5.41) is 13.6. The summed E-state index contributed by atoms with van der Waals surface area (Å²) in [4.78, 5) is 12.0. The van der Waals surface area contributed by atoms with Crippen molar-refractivity contribution in [1.29, 1.82) is 0 Å². The second-order valence-corrected chi connectivity index (χ2v) is 4.92. The van der Waals surface area contributed by atoms with E-state index in [1.807, 2.05) is 0 Å². The second-order valence-electron chi connectivity index (χ2n) is 4.51. The lowest BCUT2D eigenvalue weighted by molar-refractivity contribution is 0.0876. The Balaban J connectivity index is 1.71. The molecule has 6 heteroatoms. The number of aliphatic hydroxyl groups excluding tert-OH is 1. The number of fused-ring (bicyclic) bond motifs is 1. The third-order valence-electron chi connectivity index (χ3n) is 3.05. The first kappa shape index (κ1) is 13.7. The maximum Gasteiger partial charge on any atom is 0.287 e. The van der Waals surface area contributed by atoms with E-state index in [2.05, 4.69) is 5.32 Å². The number of rotatable bonds is 4. The third-order valence-corrected chi connectivity index (χ3v) is 3.35. The lowest BCUT2D eigenvalue weighted by Crippen LogP contribution is -2.27. The summed E-state index contributed by atoms with van der Waals surface area (Å²) in [5.41, 5.74) is 0.468. The van der Waals surface area contributed by atoms with Crippen LogP contribution < -0.4 is 5.32 Å². The Labute approximate surface area is 125 Å². The van der Waals surface area contributed by atoms with E-state index < -0.39 is 12.0 Å². The van der Waals surface area contributed by atoms with Crippen molar-refractivity contribution in [3.63, 3.8) is 0 Å². The van der Waals surface area contributed by atoms with Gasteiger partial charge in [-0.15, -0.1) is 0 Å². The van der Waals surface area contributed by atoms with Gasteiger partial charge in [0.2, 0.25) is 0 Å². The van der Waals surface area contributed by atoms with E-state index in [9.17, 15) is 9.90 Å². The molecule has 0 aliphatic rings. The van der Waals surface area contributed by atoms with Crippen LogP contribution in [0.3, 0.4) is 0 Å². The smallest absolute Gasteiger partial charge is 0.287 e. The first-order chi connectivity index (χ1) is 10.1. The Morgan fingerprint density at radius 2 is 2.19 bits per heavy atom. The number of carbonyl (C=O) groups is 1. The quantitative estimate of drug-likeness (QED) is 0.776. The van der Waals surface area contributed by atoms with Crippen LogP contribution in [0.1, 0.15) is 22.4 Å².